The summed E-state index contributed by atoms with van der Waals surface area (Å²) in [4.78, 5) is 26.7. The molecule has 0 aliphatic carbocycles. The van der Waals surface area contributed by atoms with Crippen molar-refractivity contribution in [3.05, 3.63) is 97.2 Å². The molecule has 1 rings (SSSR count). The number of hydrogen-bond acceptors (Lipinski definition) is 10. The first-order valence-electron chi connectivity index (χ1n) is 36.0. The lowest BCUT2D eigenvalue weighted by molar-refractivity contribution is -0.305. The molecule has 0 spiro atoms. The van der Waals surface area contributed by atoms with Gasteiger partial charge in [0.05, 0.1) is 25.4 Å². The topological polar surface area (TPSA) is 175 Å². The number of ether oxygens (including phenoxy) is 3. The molecule has 0 saturated carbocycles. The predicted octanol–water partition coefficient (Wildman–Crippen LogP) is 18.6. The van der Waals surface area contributed by atoms with Gasteiger partial charge in [0, 0.05) is 6.42 Å². The van der Waals surface area contributed by atoms with E-state index in [1.807, 2.05) is 6.08 Å². The van der Waals surface area contributed by atoms with E-state index in [0.29, 0.717) is 12.8 Å². The highest BCUT2D eigenvalue weighted by molar-refractivity contribution is 5.80. The zero-order chi connectivity index (χ0) is 63.1. The van der Waals surface area contributed by atoms with Crippen molar-refractivity contribution in [2.45, 2.75) is 359 Å². The molecular weight excluding hydrogens is 1090 g/mol. The van der Waals surface area contributed by atoms with Crippen LogP contribution in [0.2, 0.25) is 0 Å². The third kappa shape index (κ3) is 50.0. The minimum atomic E-state index is -1.64. The Labute approximate surface area is 533 Å². The van der Waals surface area contributed by atoms with Gasteiger partial charge in [-0.3, -0.25) is 9.59 Å². The Hall–Kier alpha value is -3.42. The fourth-order valence-corrected chi connectivity index (χ4v) is 10.8. The van der Waals surface area contributed by atoms with Gasteiger partial charge < -0.3 is 45.1 Å². The van der Waals surface area contributed by atoms with Gasteiger partial charge in [-0.1, -0.05) is 298 Å². The number of carbonyl (C=O) groups excluding carboxylic acids is 2. The summed E-state index contributed by atoms with van der Waals surface area (Å²) in [7, 11) is 0. The molecule has 6 N–H and O–H groups in total. The molecule has 8 unspecified atom stereocenters. The van der Waals surface area contributed by atoms with Crippen LogP contribution in [-0.2, 0) is 23.8 Å². The molecule has 1 amide bonds. The SMILES string of the molecule is CC/C=C\C/C=C\C/C=C\C/C=C\C/C=C\C/C=C\CCCCC(=O)OC1C(OCC(NC(=O)C(O)CCCCCCCCCCCCCCCC/C=C/CCCCCCCC)C(O)/C=C/CCCCCCCCCCCCC)OC(CO)C(O)C1O. The van der Waals surface area contributed by atoms with Gasteiger partial charge in [-0.25, -0.2) is 0 Å². The molecule has 0 bridgehead atoms. The van der Waals surface area contributed by atoms with Crippen LogP contribution in [0.25, 0.3) is 0 Å². The molecule has 11 nitrogen and oxygen atoms in total. The fourth-order valence-electron chi connectivity index (χ4n) is 10.8. The smallest absolute Gasteiger partial charge is 0.306 e. The number of aliphatic hydroxyl groups is 5. The van der Waals surface area contributed by atoms with Crippen LogP contribution in [0.15, 0.2) is 97.2 Å². The second-order valence-electron chi connectivity index (χ2n) is 24.6. The van der Waals surface area contributed by atoms with Crippen LogP contribution in [0.3, 0.4) is 0 Å². The van der Waals surface area contributed by atoms with Crippen LogP contribution in [0, 0.1) is 0 Å². The molecule has 0 aromatic carbocycles. The van der Waals surface area contributed by atoms with Gasteiger partial charge in [-0.15, -0.1) is 0 Å². The van der Waals surface area contributed by atoms with E-state index >= 15 is 0 Å². The Morgan fingerprint density at radius 1 is 0.460 bits per heavy atom. The summed E-state index contributed by atoms with van der Waals surface area (Å²) in [5.74, 6) is -1.24. The Kier molecular flexibility index (Phi) is 58.9. The summed E-state index contributed by atoms with van der Waals surface area (Å²) >= 11 is 0. The summed E-state index contributed by atoms with van der Waals surface area (Å²) in [6.07, 6.45) is 74.5. The maximum Gasteiger partial charge on any atom is 0.306 e. The number of allylic oxidation sites excluding steroid dienone is 15. The first kappa shape index (κ1) is 81.6. The molecule has 1 saturated heterocycles. The van der Waals surface area contributed by atoms with Crippen molar-refractivity contribution in [2.24, 2.45) is 0 Å². The number of carbonyl (C=O) groups is 2. The van der Waals surface area contributed by atoms with Crippen LogP contribution in [0.1, 0.15) is 310 Å². The minimum absolute atomic E-state index is 0.0651. The molecule has 0 radical (unpaired) electrons. The number of nitrogens with one attached hydrogen (secondary N) is 1. The van der Waals surface area contributed by atoms with E-state index in [1.165, 1.54) is 173 Å². The van der Waals surface area contributed by atoms with Gasteiger partial charge in [0.25, 0.3) is 0 Å². The average molecular weight is 1220 g/mol. The summed E-state index contributed by atoms with van der Waals surface area (Å²) in [5.41, 5.74) is 0. The van der Waals surface area contributed by atoms with Crippen LogP contribution in [0.5, 0.6) is 0 Å². The van der Waals surface area contributed by atoms with E-state index in [-0.39, 0.29) is 19.4 Å². The third-order valence-electron chi connectivity index (χ3n) is 16.5. The lowest BCUT2D eigenvalue weighted by atomic mass is 9.99. The van der Waals surface area contributed by atoms with Gasteiger partial charge in [0.15, 0.2) is 12.4 Å². The van der Waals surface area contributed by atoms with E-state index in [9.17, 15) is 35.1 Å². The Morgan fingerprint density at radius 2 is 0.828 bits per heavy atom. The lowest BCUT2D eigenvalue weighted by Gasteiger charge is -2.41. The monoisotopic (exact) mass is 1220 g/mol. The van der Waals surface area contributed by atoms with Crippen LogP contribution in [-0.4, -0.2) is 99.6 Å². The molecule has 1 heterocycles. The number of amides is 1. The van der Waals surface area contributed by atoms with Crippen LogP contribution in [0.4, 0.5) is 0 Å². The van der Waals surface area contributed by atoms with Crippen molar-refractivity contribution < 1.29 is 49.3 Å². The van der Waals surface area contributed by atoms with E-state index < -0.39 is 67.4 Å². The standard InChI is InChI=1S/C76H133NO10/c1-4-7-10-13-16-19-22-25-27-29-31-33-34-35-37-38-40-42-45-48-51-54-57-60-63-69(80)75(84)77-67(68(79)62-59-56-53-50-47-44-24-21-18-15-12-9-6-3)66-85-76-74(73(83)72(82)70(65-78)86-76)87-71(81)64-61-58-55-52-49-46-43-41-39-36-32-30-28-26-23-20-17-14-11-8-5-2/h8,11,17,20,25-28,32,36,41,43,49,52,59,62,67-70,72-74,76,78-80,82-83H,4-7,9-10,12-16,18-19,21-24,29-31,33-35,37-40,42,44-48,50-51,53-58,60-61,63-66H2,1-3H3,(H,77,84)/b11-8-,20-17-,27-25+,28-26-,36-32-,43-41-,52-49-,62-59+. The highest BCUT2D eigenvalue weighted by atomic mass is 16.7. The van der Waals surface area contributed by atoms with E-state index in [4.69, 9.17) is 14.2 Å². The second-order valence-corrected chi connectivity index (χ2v) is 24.6. The molecule has 8 atom stereocenters. The molecule has 1 fully saturated rings. The van der Waals surface area contributed by atoms with Gasteiger partial charge in [-0.05, 0) is 103 Å². The first-order chi connectivity index (χ1) is 42.7. The molecule has 11 heteroatoms. The number of esters is 1. The number of hydrogen-bond donors (Lipinski definition) is 6. The minimum Gasteiger partial charge on any atom is -0.454 e. The van der Waals surface area contributed by atoms with Crippen molar-refractivity contribution in [1.82, 2.24) is 5.32 Å². The van der Waals surface area contributed by atoms with Gasteiger partial charge in [0.2, 0.25) is 5.91 Å². The zero-order valence-corrected chi connectivity index (χ0v) is 55.9. The first-order valence-corrected chi connectivity index (χ1v) is 36.0. The lowest BCUT2D eigenvalue weighted by Crippen LogP contribution is -2.61. The predicted molar refractivity (Wildman–Crippen MR) is 365 cm³/mol. The second kappa shape index (κ2) is 62.8. The van der Waals surface area contributed by atoms with Crippen molar-refractivity contribution >= 4 is 11.9 Å². The summed E-state index contributed by atoms with van der Waals surface area (Å²) in [6, 6.07) is -1.04. The van der Waals surface area contributed by atoms with Gasteiger partial charge in [0.1, 0.15) is 24.4 Å². The maximum absolute atomic E-state index is 13.5. The van der Waals surface area contributed by atoms with Gasteiger partial charge in [-0.2, -0.15) is 0 Å². The number of aliphatic hydroxyl groups excluding tert-OH is 5. The third-order valence-corrected chi connectivity index (χ3v) is 16.5. The molecule has 1 aliphatic heterocycles. The van der Waals surface area contributed by atoms with Gasteiger partial charge >= 0.3 is 5.97 Å². The summed E-state index contributed by atoms with van der Waals surface area (Å²) in [5, 5.41) is 57.3. The van der Waals surface area contributed by atoms with E-state index in [2.05, 4.69) is 111 Å². The normalized spacial score (nSPS) is 18.8. The summed E-state index contributed by atoms with van der Waals surface area (Å²) in [6.45, 7) is 5.68. The molecule has 0 aromatic heterocycles. The molecular formula is C76H133NO10. The highest BCUT2D eigenvalue weighted by Gasteiger charge is 2.47. The van der Waals surface area contributed by atoms with Crippen molar-refractivity contribution in [1.29, 1.82) is 0 Å². The van der Waals surface area contributed by atoms with Crippen molar-refractivity contribution in [2.75, 3.05) is 13.2 Å². The number of rotatable bonds is 61. The Bertz CT molecular complexity index is 1790. The Balaban J connectivity index is 2.62. The quantitative estimate of drug-likeness (QED) is 0.0195. The fraction of sp³-hybridized carbons (Fsp3) is 0.763. The maximum atomic E-state index is 13.5. The van der Waals surface area contributed by atoms with E-state index in [1.54, 1.807) is 6.08 Å². The molecule has 87 heavy (non-hydrogen) atoms. The molecule has 0 aromatic rings. The van der Waals surface area contributed by atoms with Crippen LogP contribution >= 0.6 is 0 Å². The largest absolute Gasteiger partial charge is 0.454 e. The van der Waals surface area contributed by atoms with E-state index in [0.717, 1.165) is 89.9 Å². The van der Waals surface area contributed by atoms with Crippen molar-refractivity contribution in [3.63, 3.8) is 0 Å². The number of unbranched alkanes of at least 4 members (excludes halogenated alkanes) is 33. The average Bonchev–Trinajstić information content (AvgIpc) is 2.32. The molecule has 1 aliphatic rings. The zero-order valence-electron chi connectivity index (χ0n) is 55.9. The van der Waals surface area contributed by atoms with Crippen LogP contribution < -0.4 is 5.32 Å². The highest BCUT2D eigenvalue weighted by Crippen LogP contribution is 2.26. The Morgan fingerprint density at radius 3 is 1.25 bits per heavy atom. The molecule has 502 valence electrons. The van der Waals surface area contributed by atoms with Crippen molar-refractivity contribution in [3.8, 4) is 0 Å². The summed E-state index contributed by atoms with van der Waals surface area (Å²) < 4.78 is 17.7.